The van der Waals surface area contributed by atoms with Crippen molar-refractivity contribution in [2.75, 3.05) is 0 Å². The van der Waals surface area contributed by atoms with Crippen molar-refractivity contribution in [3.8, 4) is 33.5 Å². The smallest absolute Gasteiger partial charge is 0.347 e. The van der Waals surface area contributed by atoms with Crippen molar-refractivity contribution in [1.29, 1.82) is 0 Å². The quantitative estimate of drug-likeness (QED) is 0.428. The van der Waals surface area contributed by atoms with Crippen molar-refractivity contribution in [1.82, 2.24) is 34.7 Å². The van der Waals surface area contributed by atoms with Gasteiger partial charge in [0.25, 0.3) is 0 Å². The molecular formula is C22H17N7O2S. The van der Waals surface area contributed by atoms with E-state index in [1.54, 1.807) is 18.5 Å². The number of pyridine rings is 1. The summed E-state index contributed by atoms with van der Waals surface area (Å²) in [6.07, 6.45) is 4.72. The lowest BCUT2D eigenvalue weighted by atomic mass is 10.1. The zero-order valence-electron chi connectivity index (χ0n) is 17.0. The van der Waals surface area contributed by atoms with E-state index in [1.165, 1.54) is 22.2 Å². The Kier molecular flexibility index (Phi) is 5.26. The van der Waals surface area contributed by atoms with E-state index >= 15 is 0 Å². The number of ether oxygens (including phenoxy) is 1. The van der Waals surface area contributed by atoms with Gasteiger partial charge in [0.15, 0.2) is 0 Å². The Morgan fingerprint density at radius 1 is 1.00 bits per heavy atom. The van der Waals surface area contributed by atoms with Gasteiger partial charge in [0.05, 0.1) is 27.6 Å². The van der Waals surface area contributed by atoms with E-state index in [-0.39, 0.29) is 5.69 Å². The van der Waals surface area contributed by atoms with Crippen molar-refractivity contribution in [3.63, 3.8) is 0 Å². The Balaban J connectivity index is 1.38. The van der Waals surface area contributed by atoms with Crippen LogP contribution in [0.2, 0.25) is 0 Å². The first-order valence-electron chi connectivity index (χ1n) is 9.74. The number of hydrogen-bond donors (Lipinski definition) is 1. The van der Waals surface area contributed by atoms with Crippen LogP contribution in [0.4, 0.5) is 0 Å². The molecule has 0 radical (unpaired) electrons. The third-order valence-corrected chi connectivity index (χ3v) is 5.84. The van der Waals surface area contributed by atoms with E-state index in [2.05, 4.69) is 25.1 Å². The number of thiazole rings is 1. The summed E-state index contributed by atoms with van der Waals surface area (Å²) in [6, 6.07) is 15.5. The monoisotopic (exact) mass is 443 g/mol. The van der Waals surface area contributed by atoms with Gasteiger partial charge in [-0.3, -0.25) is 0 Å². The molecule has 1 N–H and O–H groups in total. The normalized spacial score (nSPS) is 10.9. The van der Waals surface area contributed by atoms with E-state index in [4.69, 9.17) is 9.72 Å². The summed E-state index contributed by atoms with van der Waals surface area (Å²) in [5.74, 6) is 0. The Bertz CT molecular complexity index is 1410. The van der Waals surface area contributed by atoms with Gasteiger partial charge in [-0.15, -0.1) is 11.3 Å². The minimum absolute atomic E-state index is 0.280. The largest absolute Gasteiger partial charge is 0.456 e. The molecule has 0 unspecified atom stereocenters. The summed E-state index contributed by atoms with van der Waals surface area (Å²) in [4.78, 5) is 30.3. The lowest BCUT2D eigenvalue weighted by Gasteiger charge is -2.06. The summed E-state index contributed by atoms with van der Waals surface area (Å²) in [6.45, 7) is 2.25. The molecule has 1 aromatic carbocycles. The minimum Gasteiger partial charge on any atom is -0.456 e. The van der Waals surface area contributed by atoms with Gasteiger partial charge in [0, 0.05) is 18.0 Å². The van der Waals surface area contributed by atoms with Crippen molar-refractivity contribution in [3.05, 3.63) is 88.4 Å². The SMILES string of the molecule is Cc1nc(COc2ncccn2)sc1-c1cccc(-c2ccc(-n3cn[nH]c3=O)cc2)n1. The molecule has 0 aliphatic carbocycles. The zero-order chi connectivity index (χ0) is 21.9. The molecule has 0 saturated carbocycles. The molecule has 0 aliphatic rings. The first-order valence-corrected chi connectivity index (χ1v) is 10.6. The average Bonchev–Trinajstić information content (AvgIpc) is 3.43. The maximum Gasteiger partial charge on any atom is 0.347 e. The van der Waals surface area contributed by atoms with Crippen LogP contribution in [0.25, 0.3) is 27.5 Å². The van der Waals surface area contributed by atoms with Gasteiger partial charge < -0.3 is 4.74 Å². The van der Waals surface area contributed by atoms with E-state index in [0.29, 0.717) is 12.6 Å². The first-order chi connectivity index (χ1) is 15.7. The summed E-state index contributed by atoms with van der Waals surface area (Å²) in [5, 5.41) is 6.97. The van der Waals surface area contributed by atoms with Crippen molar-refractivity contribution >= 4 is 11.3 Å². The van der Waals surface area contributed by atoms with Crippen LogP contribution in [0.15, 0.2) is 72.0 Å². The average molecular weight is 443 g/mol. The molecule has 0 fully saturated rings. The van der Waals surface area contributed by atoms with E-state index < -0.39 is 0 Å². The van der Waals surface area contributed by atoms with Crippen LogP contribution in [-0.4, -0.2) is 34.7 Å². The first kappa shape index (κ1) is 19.8. The Hall–Kier alpha value is -4.18. The number of rotatable bonds is 6. The van der Waals surface area contributed by atoms with Gasteiger partial charge >= 0.3 is 11.7 Å². The predicted molar refractivity (Wildman–Crippen MR) is 120 cm³/mol. The maximum absolute atomic E-state index is 11.7. The molecule has 9 nitrogen and oxygen atoms in total. The lowest BCUT2D eigenvalue weighted by Crippen LogP contribution is -2.13. The van der Waals surface area contributed by atoms with Gasteiger partial charge in [-0.05, 0) is 37.3 Å². The lowest BCUT2D eigenvalue weighted by molar-refractivity contribution is 0.280. The van der Waals surface area contributed by atoms with Crippen molar-refractivity contribution in [2.24, 2.45) is 0 Å². The minimum atomic E-state index is -0.280. The second-order valence-electron chi connectivity index (χ2n) is 6.83. The molecule has 0 aliphatic heterocycles. The molecule has 0 bridgehead atoms. The fraction of sp³-hybridized carbons (Fsp3) is 0.0909. The van der Waals surface area contributed by atoms with Gasteiger partial charge in [-0.25, -0.2) is 34.4 Å². The van der Waals surface area contributed by atoms with E-state index in [1.807, 2.05) is 49.4 Å². The third-order valence-electron chi connectivity index (χ3n) is 4.68. The second kappa shape index (κ2) is 8.52. The summed E-state index contributed by atoms with van der Waals surface area (Å²) < 4.78 is 7.06. The molecule has 0 saturated heterocycles. The number of H-pyrrole nitrogens is 1. The molecule has 5 aromatic rings. The number of nitrogens with zero attached hydrogens (tertiary/aromatic N) is 6. The highest BCUT2D eigenvalue weighted by atomic mass is 32.1. The third kappa shape index (κ3) is 4.03. The predicted octanol–water partition coefficient (Wildman–Crippen LogP) is 3.42. The van der Waals surface area contributed by atoms with Crippen LogP contribution in [0.5, 0.6) is 6.01 Å². The number of aryl methyl sites for hydroxylation is 1. The molecule has 0 spiro atoms. The van der Waals surface area contributed by atoms with E-state index in [9.17, 15) is 4.79 Å². The molecular weight excluding hydrogens is 426 g/mol. The second-order valence-corrected chi connectivity index (χ2v) is 7.91. The zero-order valence-corrected chi connectivity index (χ0v) is 17.8. The highest BCUT2D eigenvalue weighted by Gasteiger charge is 2.13. The molecule has 158 valence electrons. The fourth-order valence-corrected chi connectivity index (χ4v) is 4.13. The van der Waals surface area contributed by atoms with Crippen molar-refractivity contribution in [2.45, 2.75) is 13.5 Å². The number of nitrogens with one attached hydrogen (secondary N) is 1. The Morgan fingerprint density at radius 3 is 2.53 bits per heavy atom. The maximum atomic E-state index is 11.7. The number of benzene rings is 1. The van der Waals surface area contributed by atoms with Crippen LogP contribution < -0.4 is 10.4 Å². The Labute approximate surface area is 186 Å². The fourth-order valence-electron chi connectivity index (χ4n) is 3.18. The standard InChI is InChI=1S/C22H17N7O2S/c1-14-20(32-19(26-14)12-31-21-23-10-3-11-24-21)18-5-2-4-17(27-18)15-6-8-16(9-7-15)29-13-25-28-22(29)30/h2-11,13H,12H2,1H3,(H,28,30). The van der Waals surface area contributed by atoms with Gasteiger partial charge in [0.1, 0.15) is 17.9 Å². The van der Waals surface area contributed by atoms with Gasteiger partial charge in [-0.1, -0.05) is 18.2 Å². The topological polar surface area (TPSA) is 111 Å². The molecule has 5 rings (SSSR count). The highest BCUT2D eigenvalue weighted by Crippen LogP contribution is 2.31. The van der Waals surface area contributed by atoms with Crippen LogP contribution in [0.3, 0.4) is 0 Å². The number of hydrogen-bond acceptors (Lipinski definition) is 8. The highest BCUT2D eigenvalue weighted by molar-refractivity contribution is 7.15. The van der Waals surface area contributed by atoms with Crippen LogP contribution in [0.1, 0.15) is 10.7 Å². The van der Waals surface area contributed by atoms with Crippen molar-refractivity contribution < 1.29 is 4.74 Å². The van der Waals surface area contributed by atoms with E-state index in [0.717, 1.165) is 38.2 Å². The Morgan fingerprint density at radius 2 is 1.78 bits per heavy atom. The molecule has 4 heterocycles. The molecule has 0 amide bonds. The number of aromatic amines is 1. The van der Waals surface area contributed by atoms with Crippen LogP contribution >= 0.6 is 11.3 Å². The van der Waals surface area contributed by atoms with Crippen LogP contribution in [-0.2, 0) is 6.61 Å². The number of aromatic nitrogens is 7. The molecule has 4 aromatic heterocycles. The molecule has 10 heteroatoms. The molecule has 32 heavy (non-hydrogen) atoms. The van der Waals surface area contributed by atoms with Gasteiger partial charge in [0.2, 0.25) is 0 Å². The summed E-state index contributed by atoms with van der Waals surface area (Å²) in [5.41, 5.74) is 3.96. The summed E-state index contributed by atoms with van der Waals surface area (Å²) >= 11 is 1.54. The summed E-state index contributed by atoms with van der Waals surface area (Å²) in [7, 11) is 0. The van der Waals surface area contributed by atoms with Crippen LogP contribution in [0, 0.1) is 6.92 Å². The molecule has 0 atom stereocenters. The van der Waals surface area contributed by atoms with Gasteiger partial charge in [-0.2, -0.15) is 5.10 Å².